The van der Waals surface area contributed by atoms with Gasteiger partial charge in [-0.2, -0.15) is 5.10 Å². The fraction of sp³-hybridized carbons (Fsp3) is 0.286. The topological polar surface area (TPSA) is 59.0 Å². The molecule has 0 aliphatic heterocycles. The van der Waals surface area contributed by atoms with E-state index in [2.05, 4.69) is 44.7 Å². The van der Waals surface area contributed by atoms with E-state index in [0.717, 1.165) is 10.2 Å². The minimum Gasteiger partial charge on any atom is -0.354 e. The molecule has 0 spiro atoms. The number of nitrogens with zero attached hydrogens (tertiary/aromatic N) is 2. The third-order valence-corrected chi connectivity index (χ3v) is 3.84. The molecule has 20 heavy (non-hydrogen) atoms. The second kappa shape index (κ2) is 6.19. The van der Waals surface area contributed by atoms with Crippen LogP contribution in [0.15, 0.2) is 34.9 Å². The van der Waals surface area contributed by atoms with Crippen LogP contribution in [0.1, 0.15) is 29.0 Å². The van der Waals surface area contributed by atoms with Gasteiger partial charge in [0.25, 0.3) is 5.91 Å². The molecule has 0 aliphatic rings. The highest BCUT2D eigenvalue weighted by molar-refractivity contribution is 9.10. The first-order valence-corrected chi connectivity index (χ1v) is 7.11. The van der Waals surface area contributed by atoms with Gasteiger partial charge in [0.15, 0.2) is 5.69 Å². The Balaban J connectivity index is 2.34. The van der Waals surface area contributed by atoms with E-state index in [1.165, 1.54) is 5.56 Å². The standard InChI is InChI=1S/C14H17BrN4O/c1-9(16-2)10-4-5-13(11(15)8-10)19-7-6-12(18-19)14(20)17-3/h4-9,16H,1-3H3,(H,17,20). The Labute approximate surface area is 126 Å². The Hall–Kier alpha value is -1.66. The molecule has 2 rings (SSSR count). The first kappa shape index (κ1) is 14.7. The molecule has 0 saturated carbocycles. The van der Waals surface area contributed by atoms with Crippen LogP contribution in [0, 0.1) is 0 Å². The zero-order chi connectivity index (χ0) is 14.7. The summed E-state index contributed by atoms with van der Waals surface area (Å²) < 4.78 is 2.62. The summed E-state index contributed by atoms with van der Waals surface area (Å²) in [4.78, 5) is 11.5. The summed E-state index contributed by atoms with van der Waals surface area (Å²) in [5.41, 5.74) is 2.47. The molecule has 0 saturated heterocycles. The number of hydrogen-bond acceptors (Lipinski definition) is 3. The molecule has 1 atom stereocenters. The van der Waals surface area contributed by atoms with Crippen molar-refractivity contribution in [3.63, 3.8) is 0 Å². The van der Waals surface area contributed by atoms with Gasteiger partial charge in [-0.15, -0.1) is 0 Å². The van der Waals surface area contributed by atoms with Crippen molar-refractivity contribution in [2.75, 3.05) is 14.1 Å². The van der Waals surface area contributed by atoms with Gasteiger partial charge in [-0.25, -0.2) is 4.68 Å². The third kappa shape index (κ3) is 2.91. The Bertz CT molecular complexity index is 623. The SMILES string of the molecule is CNC(=O)c1ccn(-c2ccc(C(C)NC)cc2Br)n1. The lowest BCUT2D eigenvalue weighted by atomic mass is 10.1. The van der Waals surface area contributed by atoms with E-state index >= 15 is 0 Å². The predicted octanol–water partition coefficient (Wildman–Crippen LogP) is 2.27. The van der Waals surface area contributed by atoms with Crippen molar-refractivity contribution in [3.8, 4) is 5.69 Å². The number of carbonyl (C=O) groups excluding carboxylic acids is 1. The normalized spacial score (nSPS) is 12.2. The summed E-state index contributed by atoms with van der Waals surface area (Å²) in [6.07, 6.45) is 1.77. The van der Waals surface area contributed by atoms with Crippen LogP contribution >= 0.6 is 15.9 Å². The smallest absolute Gasteiger partial charge is 0.271 e. The maximum atomic E-state index is 11.5. The highest BCUT2D eigenvalue weighted by atomic mass is 79.9. The van der Waals surface area contributed by atoms with Crippen LogP contribution in [-0.2, 0) is 0 Å². The largest absolute Gasteiger partial charge is 0.354 e. The van der Waals surface area contributed by atoms with Gasteiger partial charge in [0, 0.05) is 23.8 Å². The van der Waals surface area contributed by atoms with Crippen molar-refractivity contribution in [3.05, 3.63) is 46.2 Å². The lowest BCUT2D eigenvalue weighted by Gasteiger charge is -2.13. The lowest BCUT2D eigenvalue weighted by Crippen LogP contribution is -2.18. The molecule has 1 aromatic heterocycles. The molecular formula is C14H17BrN4O. The molecule has 0 fully saturated rings. The number of benzene rings is 1. The number of nitrogens with one attached hydrogen (secondary N) is 2. The number of carbonyl (C=O) groups is 1. The highest BCUT2D eigenvalue weighted by Crippen LogP contribution is 2.25. The zero-order valence-corrected chi connectivity index (χ0v) is 13.2. The van der Waals surface area contributed by atoms with Crippen molar-refractivity contribution in [1.82, 2.24) is 20.4 Å². The van der Waals surface area contributed by atoms with Gasteiger partial charge in [0.05, 0.1) is 5.69 Å². The minimum absolute atomic E-state index is 0.194. The van der Waals surface area contributed by atoms with Gasteiger partial charge in [0.2, 0.25) is 0 Å². The van der Waals surface area contributed by atoms with Crippen LogP contribution in [0.4, 0.5) is 0 Å². The minimum atomic E-state index is -0.194. The third-order valence-electron chi connectivity index (χ3n) is 3.20. The Kier molecular flexibility index (Phi) is 4.57. The quantitative estimate of drug-likeness (QED) is 0.900. The summed E-state index contributed by atoms with van der Waals surface area (Å²) in [5.74, 6) is -0.194. The van der Waals surface area contributed by atoms with E-state index in [9.17, 15) is 4.79 Å². The van der Waals surface area contributed by atoms with Crippen LogP contribution in [-0.4, -0.2) is 29.8 Å². The lowest BCUT2D eigenvalue weighted by molar-refractivity contribution is 0.0957. The molecule has 1 aromatic carbocycles. The van der Waals surface area contributed by atoms with Crippen LogP contribution in [0.25, 0.3) is 5.69 Å². The van der Waals surface area contributed by atoms with Crippen molar-refractivity contribution in [2.24, 2.45) is 0 Å². The van der Waals surface area contributed by atoms with Crippen molar-refractivity contribution < 1.29 is 4.79 Å². The average Bonchev–Trinajstić information content (AvgIpc) is 2.94. The first-order valence-electron chi connectivity index (χ1n) is 6.31. The van der Waals surface area contributed by atoms with Crippen LogP contribution in [0.2, 0.25) is 0 Å². The summed E-state index contributed by atoms with van der Waals surface area (Å²) in [5, 5.41) is 10.0. The molecule has 1 heterocycles. The molecule has 6 heteroatoms. The molecule has 0 aliphatic carbocycles. The number of amides is 1. The van der Waals surface area contributed by atoms with Gasteiger partial charge in [-0.1, -0.05) is 6.07 Å². The maximum absolute atomic E-state index is 11.5. The van der Waals surface area contributed by atoms with Gasteiger partial charge in [-0.3, -0.25) is 4.79 Å². The molecule has 2 N–H and O–H groups in total. The average molecular weight is 337 g/mol. The summed E-state index contributed by atoms with van der Waals surface area (Å²) in [6.45, 7) is 2.10. The van der Waals surface area contributed by atoms with Crippen LogP contribution in [0.3, 0.4) is 0 Å². The van der Waals surface area contributed by atoms with Crippen LogP contribution in [0.5, 0.6) is 0 Å². The zero-order valence-electron chi connectivity index (χ0n) is 11.6. The predicted molar refractivity (Wildman–Crippen MR) is 82.1 cm³/mol. The second-order valence-corrected chi connectivity index (χ2v) is 5.30. The van der Waals surface area contributed by atoms with E-state index in [0.29, 0.717) is 5.69 Å². The summed E-state index contributed by atoms with van der Waals surface area (Å²) in [7, 11) is 3.51. The molecule has 2 aromatic rings. The molecular weight excluding hydrogens is 320 g/mol. The fourth-order valence-corrected chi connectivity index (χ4v) is 2.43. The van der Waals surface area contributed by atoms with Crippen molar-refractivity contribution >= 4 is 21.8 Å². The molecule has 106 valence electrons. The van der Waals surface area contributed by atoms with Crippen molar-refractivity contribution in [2.45, 2.75) is 13.0 Å². The number of hydrogen-bond donors (Lipinski definition) is 2. The Morgan fingerprint density at radius 1 is 1.35 bits per heavy atom. The maximum Gasteiger partial charge on any atom is 0.271 e. The van der Waals surface area contributed by atoms with Crippen LogP contribution < -0.4 is 10.6 Å². The Morgan fingerprint density at radius 2 is 2.10 bits per heavy atom. The Morgan fingerprint density at radius 3 is 2.70 bits per heavy atom. The fourth-order valence-electron chi connectivity index (χ4n) is 1.85. The first-order chi connectivity index (χ1) is 9.56. The number of aromatic nitrogens is 2. The van der Waals surface area contributed by atoms with Crippen molar-refractivity contribution in [1.29, 1.82) is 0 Å². The van der Waals surface area contributed by atoms with Gasteiger partial charge in [-0.05, 0) is 53.7 Å². The monoisotopic (exact) mass is 336 g/mol. The second-order valence-electron chi connectivity index (χ2n) is 4.45. The number of halogens is 1. The molecule has 1 amide bonds. The van der Waals surface area contributed by atoms with E-state index < -0.39 is 0 Å². The highest BCUT2D eigenvalue weighted by Gasteiger charge is 2.11. The van der Waals surface area contributed by atoms with E-state index in [-0.39, 0.29) is 11.9 Å². The van der Waals surface area contributed by atoms with E-state index in [1.54, 1.807) is 24.0 Å². The van der Waals surface area contributed by atoms with Gasteiger partial charge in [0.1, 0.15) is 0 Å². The summed E-state index contributed by atoms with van der Waals surface area (Å²) in [6, 6.07) is 8.04. The molecule has 5 nitrogen and oxygen atoms in total. The van der Waals surface area contributed by atoms with E-state index in [1.807, 2.05) is 19.2 Å². The number of rotatable bonds is 4. The molecule has 1 unspecified atom stereocenters. The van der Waals surface area contributed by atoms with Gasteiger partial charge < -0.3 is 10.6 Å². The molecule has 0 bridgehead atoms. The van der Waals surface area contributed by atoms with E-state index in [4.69, 9.17) is 0 Å². The van der Waals surface area contributed by atoms with Gasteiger partial charge >= 0.3 is 0 Å². The molecule has 0 radical (unpaired) electrons. The summed E-state index contributed by atoms with van der Waals surface area (Å²) >= 11 is 3.56.